The van der Waals surface area contributed by atoms with Gasteiger partial charge in [-0.05, 0) is 19.3 Å². The summed E-state index contributed by atoms with van der Waals surface area (Å²) >= 11 is 0. The van der Waals surface area contributed by atoms with E-state index in [0.717, 1.165) is 25.7 Å². The summed E-state index contributed by atoms with van der Waals surface area (Å²) in [5.74, 6) is 0. The van der Waals surface area contributed by atoms with E-state index in [1.165, 1.54) is 0 Å². The van der Waals surface area contributed by atoms with Gasteiger partial charge in [0.1, 0.15) is 0 Å². The van der Waals surface area contributed by atoms with E-state index in [1.54, 1.807) is 0 Å². The zero-order valence-electron chi connectivity index (χ0n) is 8.16. The summed E-state index contributed by atoms with van der Waals surface area (Å²) in [5.41, 5.74) is 0. The lowest BCUT2D eigenvalue weighted by atomic mass is 10.2. The fourth-order valence-corrected chi connectivity index (χ4v) is 0.969. The molecule has 0 aliphatic heterocycles. The monoisotopic (exact) mass is 168 g/mol. The molecular weight excluding hydrogens is 148 g/mol. The van der Waals surface area contributed by atoms with Gasteiger partial charge in [0.25, 0.3) is 0 Å². The highest BCUT2D eigenvalue weighted by Crippen LogP contribution is 1.98. The van der Waals surface area contributed by atoms with Crippen LogP contribution in [0, 0.1) is 0 Å². The van der Waals surface area contributed by atoms with E-state index in [1.807, 2.05) is 12.2 Å². The third-order valence-electron chi connectivity index (χ3n) is 1.62. The van der Waals surface area contributed by atoms with Gasteiger partial charge < -0.3 is 5.11 Å². The molecule has 12 heavy (non-hydrogen) atoms. The summed E-state index contributed by atoms with van der Waals surface area (Å²) < 4.78 is 0. The molecular formula is C11H20O. The third kappa shape index (κ3) is 7.55. The highest BCUT2D eigenvalue weighted by molar-refractivity contribution is 4.95. The van der Waals surface area contributed by atoms with Crippen LogP contribution in [-0.4, -0.2) is 11.2 Å². The fourth-order valence-electron chi connectivity index (χ4n) is 0.969. The molecule has 0 heterocycles. The van der Waals surface area contributed by atoms with Crippen molar-refractivity contribution in [2.75, 3.05) is 0 Å². The van der Waals surface area contributed by atoms with Crippen molar-refractivity contribution in [3.05, 3.63) is 24.3 Å². The lowest BCUT2D eigenvalue weighted by molar-refractivity contribution is 0.211. The first-order valence-electron chi connectivity index (χ1n) is 4.81. The van der Waals surface area contributed by atoms with Gasteiger partial charge in [0.2, 0.25) is 0 Å². The highest BCUT2D eigenvalue weighted by atomic mass is 16.3. The lowest BCUT2D eigenvalue weighted by Gasteiger charge is -2.00. The number of rotatable bonds is 6. The predicted octanol–water partition coefficient (Wildman–Crippen LogP) is 3.06. The van der Waals surface area contributed by atoms with E-state index in [0.29, 0.717) is 0 Å². The van der Waals surface area contributed by atoms with Gasteiger partial charge in [-0.25, -0.2) is 0 Å². The number of aliphatic hydroxyl groups excluding tert-OH is 1. The van der Waals surface area contributed by atoms with Crippen molar-refractivity contribution < 1.29 is 5.11 Å². The summed E-state index contributed by atoms with van der Waals surface area (Å²) in [7, 11) is 0. The van der Waals surface area contributed by atoms with Crippen LogP contribution in [0.15, 0.2) is 24.3 Å². The molecule has 0 radical (unpaired) electrons. The number of allylic oxidation sites excluding steroid dienone is 3. The van der Waals surface area contributed by atoms with Gasteiger partial charge in [-0.3, -0.25) is 0 Å². The van der Waals surface area contributed by atoms with E-state index >= 15 is 0 Å². The Bertz CT molecular complexity index is 136. The predicted molar refractivity (Wildman–Crippen MR) is 54.1 cm³/mol. The fraction of sp³-hybridized carbons (Fsp3) is 0.636. The first-order chi connectivity index (χ1) is 5.81. The molecule has 0 saturated carbocycles. The molecule has 1 heteroatoms. The zero-order chi connectivity index (χ0) is 9.23. The standard InChI is InChI=1S/C11H20O/c1-3-5-6-7-8-10-11(12)9-4-2/h5-6,8,10-12H,3-4,7,9H2,1-2H3/b6-5+,10-8+. The van der Waals surface area contributed by atoms with Crippen molar-refractivity contribution >= 4 is 0 Å². The van der Waals surface area contributed by atoms with Crippen LogP contribution in [0.2, 0.25) is 0 Å². The van der Waals surface area contributed by atoms with Crippen molar-refractivity contribution in [2.24, 2.45) is 0 Å². The van der Waals surface area contributed by atoms with Crippen LogP contribution in [0.3, 0.4) is 0 Å². The Balaban J connectivity index is 3.40. The average Bonchev–Trinajstić information content (AvgIpc) is 2.05. The largest absolute Gasteiger partial charge is 0.389 e. The molecule has 0 aromatic rings. The number of aliphatic hydroxyl groups is 1. The van der Waals surface area contributed by atoms with Crippen molar-refractivity contribution in [1.82, 2.24) is 0 Å². The molecule has 0 aromatic carbocycles. The summed E-state index contributed by atoms with van der Waals surface area (Å²) in [4.78, 5) is 0. The van der Waals surface area contributed by atoms with Crippen LogP contribution >= 0.6 is 0 Å². The lowest BCUT2D eigenvalue weighted by Crippen LogP contribution is -1.99. The summed E-state index contributed by atoms with van der Waals surface area (Å²) in [5, 5.41) is 9.29. The Kier molecular flexibility index (Phi) is 8.14. The molecule has 0 bridgehead atoms. The Labute approximate surface area is 75.8 Å². The van der Waals surface area contributed by atoms with Crippen LogP contribution in [0.1, 0.15) is 39.5 Å². The molecule has 70 valence electrons. The zero-order valence-corrected chi connectivity index (χ0v) is 8.16. The molecule has 0 amide bonds. The van der Waals surface area contributed by atoms with Crippen LogP contribution in [0.4, 0.5) is 0 Å². The Morgan fingerprint density at radius 2 is 1.92 bits per heavy atom. The maximum Gasteiger partial charge on any atom is 0.0720 e. The SMILES string of the molecule is CC/C=C/C/C=C/C(O)CCC. The molecule has 0 saturated heterocycles. The molecule has 0 aliphatic carbocycles. The van der Waals surface area contributed by atoms with E-state index in [2.05, 4.69) is 26.0 Å². The van der Waals surface area contributed by atoms with E-state index in [-0.39, 0.29) is 6.10 Å². The minimum Gasteiger partial charge on any atom is -0.389 e. The second-order valence-electron chi connectivity index (χ2n) is 2.90. The van der Waals surface area contributed by atoms with Gasteiger partial charge in [0, 0.05) is 0 Å². The molecule has 0 fully saturated rings. The Hall–Kier alpha value is -0.560. The van der Waals surface area contributed by atoms with Crippen LogP contribution < -0.4 is 0 Å². The Morgan fingerprint density at radius 1 is 1.17 bits per heavy atom. The molecule has 0 spiro atoms. The van der Waals surface area contributed by atoms with E-state index in [9.17, 15) is 5.11 Å². The van der Waals surface area contributed by atoms with Gasteiger partial charge in [-0.15, -0.1) is 0 Å². The van der Waals surface area contributed by atoms with Gasteiger partial charge in [0.05, 0.1) is 6.10 Å². The van der Waals surface area contributed by atoms with Gasteiger partial charge in [-0.1, -0.05) is 44.6 Å². The summed E-state index contributed by atoms with van der Waals surface area (Å²) in [6.07, 6.45) is 11.8. The van der Waals surface area contributed by atoms with Crippen LogP contribution in [0.25, 0.3) is 0 Å². The molecule has 0 rings (SSSR count). The molecule has 1 N–H and O–H groups in total. The highest BCUT2D eigenvalue weighted by Gasteiger charge is 1.93. The first-order valence-corrected chi connectivity index (χ1v) is 4.81. The number of hydrogen-bond acceptors (Lipinski definition) is 1. The molecule has 1 nitrogen and oxygen atoms in total. The maximum absolute atomic E-state index is 9.29. The average molecular weight is 168 g/mol. The quantitative estimate of drug-likeness (QED) is 0.604. The van der Waals surface area contributed by atoms with E-state index in [4.69, 9.17) is 0 Å². The molecule has 1 atom stereocenters. The maximum atomic E-state index is 9.29. The van der Waals surface area contributed by atoms with Crippen LogP contribution in [0.5, 0.6) is 0 Å². The minimum atomic E-state index is -0.245. The Morgan fingerprint density at radius 3 is 2.50 bits per heavy atom. The second-order valence-corrected chi connectivity index (χ2v) is 2.90. The van der Waals surface area contributed by atoms with Crippen molar-refractivity contribution in [3.8, 4) is 0 Å². The molecule has 0 aromatic heterocycles. The summed E-state index contributed by atoms with van der Waals surface area (Å²) in [6, 6.07) is 0. The second kappa shape index (κ2) is 8.54. The van der Waals surface area contributed by atoms with E-state index < -0.39 is 0 Å². The third-order valence-corrected chi connectivity index (χ3v) is 1.62. The van der Waals surface area contributed by atoms with Gasteiger partial charge in [-0.2, -0.15) is 0 Å². The van der Waals surface area contributed by atoms with Gasteiger partial charge in [0.15, 0.2) is 0 Å². The van der Waals surface area contributed by atoms with Crippen molar-refractivity contribution in [2.45, 2.75) is 45.6 Å². The molecule has 1 unspecified atom stereocenters. The molecule has 0 aliphatic rings. The number of hydrogen-bond donors (Lipinski definition) is 1. The van der Waals surface area contributed by atoms with Crippen molar-refractivity contribution in [3.63, 3.8) is 0 Å². The smallest absolute Gasteiger partial charge is 0.0720 e. The van der Waals surface area contributed by atoms with Crippen molar-refractivity contribution in [1.29, 1.82) is 0 Å². The topological polar surface area (TPSA) is 20.2 Å². The first kappa shape index (κ1) is 11.4. The van der Waals surface area contributed by atoms with Gasteiger partial charge >= 0.3 is 0 Å². The minimum absolute atomic E-state index is 0.245. The van der Waals surface area contributed by atoms with Crippen LogP contribution in [-0.2, 0) is 0 Å². The summed E-state index contributed by atoms with van der Waals surface area (Å²) in [6.45, 7) is 4.19. The normalized spacial score (nSPS) is 14.6.